The maximum absolute atomic E-state index is 6.72. The molecular weight excluding hydrogens is 475 g/mol. The highest BCUT2D eigenvalue weighted by atomic mass is 35.5. The van der Waals surface area contributed by atoms with Gasteiger partial charge in [0.2, 0.25) is 0 Å². The van der Waals surface area contributed by atoms with Crippen molar-refractivity contribution in [2.45, 2.75) is 32.7 Å². The molecule has 0 amide bonds. The molecule has 0 aliphatic carbocycles. The molecule has 8 nitrogen and oxygen atoms in total. The van der Waals surface area contributed by atoms with Crippen molar-refractivity contribution in [3.63, 3.8) is 0 Å². The van der Waals surface area contributed by atoms with E-state index in [2.05, 4.69) is 21.3 Å². The maximum Gasteiger partial charge on any atom is 0.166 e. The Morgan fingerprint density at radius 3 is 2.47 bits per heavy atom. The summed E-state index contributed by atoms with van der Waals surface area (Å²) in [5, 5.41) is 0.612. The molecule has 0 atom stereocenters. The molecule has 0 bridgehead atoms. The molecule has 184 valence electrons. The smallest absolute Gasteiger partial charge is 0.166 e. The van der Waals surface area contributed by atoms with Gasteiger partial charge in [0.15, 0.2) is 17.0 Å². The van der Waals surface area contributed by atoms with Gasteiger partial charge in [-0.25, -0.2) is 15.0 Å². The SMILES string of the molecule is CCN1CCN(c2nc(C)nc3c2nc(-c2ccc(OC)cc2Cl)n3C2CCOCC2)CC1.Cl. The van der Waals surface area contributed by atoms with E-state index < -0.39 is 0 Å². The minimum absolute atomic E-state index is 0. The van der Waals surface area contributed by atoms with Crippen LogP contribution in [-0.4, -0.2) is 77.5 Å². The van der Waals surface area contributed by atoms with Gasteiger partial charge in [-0.15, -0.1) is 12.4 Å². The van der Waals surface area contributed by atoms with Crippen molar-refractivity contribution in [2.75, 3.05) is 57.9 Å². The number of fused-ring (bicyclic) bond motifs is 1. The number of benzene rings is 1. The van der Waals surface area contributed by atoms with Crippen LogP contribution in [0, 0.1) is 6.92 Å². The zero-order chi connectivity index (χ0) is 22.9. The fraction of sp³-hybridized carbons (Fsp3) is 0.542. The van der Waals surface area contributed by atoms with Crippen LogP contribution in [-0.2, 0) is 4.74 Å². The lowest BCUT2D eigenvalue weighted by Crippen LogP contribution is -2.46. The summed E-state index contributed by atoms with van der Waals surface area (Å²) in [7, 11) is 1.64. The Morgan fingerprint density at radius 2 is 1.82 bits per heavy atom. The molecular formula is C24H32Cl2N6O2. The summed E-state index contributed by atoms with van der Waals surface area (Å²) in [4.78, 5) is 19.7. The molecule has 2 aliphatic heterocycles. The minimum atomic E-state index is 0. The number of likely N-dealkylation sites (N-methyl/N-ethyl adjacent to an activating group) is 1. The number of methoxy groups -OCH3 is 1. The van der Waals surface area contributed by atoms with Crippen LogP contribution in [0.25, 0.3) is 22.6 Å². The van der Waals surface area contributed by atoms with Gasteiger partial charge in [0.05, 0.1) is 12.1 Å². The molecule has 2 saturated heterocycles. The molecule has 3 aromatic rings. The van der Waals surface area contributed by atoms with Crippen LogP contribution in [0.5, 0.6) is 5.75 Å². The molecule has 34 heavy (non-hydrogen) atoms. The van der Waals surface area contributed by atoms with Crippen LogP contribution < -0.4 is 9.64 Å². The molecule has 2 aliphatic rings. The lowest BCUT2D eigenvalue weighted by molar-refractivity contribution is 0.0708. The van der Waals surface area contributed by atoms with Crippen molar-refractivity contribution in [1.82, 2.24) is 24.4 Å². The molecule has 1 aromatic carbocycles. The van der Waals surface area contributed by atoms with Gasteiger partial charge in [0, 0.05) is 51.0 Å². The van der Waals surface area contributed by atoms with E-state index >= 15 is 0 Å². The number of hydrogen-bond acceptors (Lipinski definition) is 7. The van der Waals surface area contributed by atoms with Crippen LogP contribution in [0.15, 0.2) is 18.2 Å². The van der Waals surface area contributed by atoms with Crippen LogP contribution >= 0.6 is 24.0 Å². The zero-order valence-electron chi connectivity index (χ0n) is 20.0. The number of nitrogens with zero attached hydrogens (tertiary/aromatic N) is 6. The monoisotopic (exact) mass is 506 g/mol. The van der Waals surface area contributed by atoms with Gasteiger partial charge in [0.25, 0.3) is 0 Å². The molecule has 0 unspecified atom stereocenters. The van der Waals surface area contributed by atoms with Gasteiger partial charge in [-0.1, -0.05) is 18.5 Å². The Kier molecular flexibility index (Phi) is 7.82. The van der Waals surface area contributed by atoms with E-state index in [1.54, 1.807) is 7.11 Å². The number of anilines is 1. The Labute approximate surface area is 211 Å². The van der Waals surface area contributed by atoms with Crippen molar-refractivity contribution >= 4 is 41.0 Å². The van der Waals surface area contributed by atoms with Crippen molar-refractivity contribution in [2.24, 2.45) is 0 Å². The second-order valence-electron chi connectivity index (χ2n) is 8.68. The van der Waals surface area contributed by atoms with E-state index in [0.717, 1.165) is 98.7 Å². The molecule has 2 aromatic heterocycles. The first-order valence-corrected chi connectivity index (χ1v) is 12.1. The first-order chi connectivity index (χ1) is 16.1. The van der Waals surface area contributed by atoms with Gasteiger partial charge in [-0.2, -0.15) is 0 Å². The Balaban J connectivity index is 0.00000274. The zero-order valence-corrected chi connectivity index (χ0v) is 21.5. The number of rotatable bonds is 5. The van der Waals surface area contributed by atoms with Crippen molar-refractivity contribution < 1.29 is 9.47 Å². The quantitative estimate of drug-likeness (QED) is 0.508. The number of piperazine rings is 1. The Hall–Kier alpha value is -2.13. The summed E-state index contributed by atoms with van der Waals surface area (Å²) in [5.41, 5.74) is 2.60. The molecule has 0 radical (unpaired) electrons. The first kappa shape index (κ1) is 25.0. The second kappa shape index (κ2) is 10.6. The number of hydrogen-bond donors (Lipinski definition) is 0. The minimum Gasteiger partial charge on any atom is -0.497 e. The van der Waals surface area contributed by atoms with Crippen molar-refractivity contribution in [3.05, 3.63) is 29.0 Å². The summed E-state index contributed by atoms with van der Waals surface area (Å²) in [6.45, 7) is 10.6. The molecule has 4 heterocycles. The van der Waals surface area contributed by atoms with Crippen LogP contribution in [0.1, 0.15) is 31.6 Å². The van der Waals surface area contributed by atoms with Crippen LogP contribution in [0.4, 0.5) is 5.82 Å². The average molecular weight is 507 g/mol. The normalized spacial score (nSPS) is 17.7. The van der Waals surface area contributed by atoms with Gasteiger partial charge in [0.1, 0.15) is 17.4 Å². The number of aryl methyl sites for hydroxylation is 1. The fourth-order valence-corrected chi connectivity index (χ4v) is 5.10. The third-order valence-electron chi connectivity index (χ3n) is 6.73. The summed E-state index contributed by atoms with van der Waals surface area (Å²) >= 11 is 6.72. The van der Waals surface area contributed by atoms with E-state index in [1.165, 1.54) is 0 Å². The third-order valence-corrected chi connectivity index (χ3v) is 7.04. The third kappa shape index (κ3) is 4.69. The molecule has 0 spiro atoms. The highest BCUT2D eigenvalue weighted by molar-refractivity contribution is 6.33. The van der Waals surface area contributed by atoms with E-state index in [1.807, 2.05) is 25.1 Å². The lowest BCUT2D eigenvalue weighted by atomic mass is 10.1. The average Bonchev–Trinajstić information content (AvgIpc) is 3.22. The summed E-state index contributed by atoms with van der Waals surface area (Å²) in [6, 6.07) is 6.00. The Morgan fingerprint density at radius 1 is 1.09 bits per heavy atom. The van der Waals surface area contributed by atoms with Crippen LogP contribution in [0.3, 0.4) is 0 Å². The number of ether oxygens (including phenoxy) is 2. The topological polar surface area (TPSA) is 68.5 Å². The lowest BCUT2D eigenvalue weighted by Gasteiger charge is -2.34. The van der Waals surface area contributed by atoms with Gasteiger partial charge in [-0.3, -0.25) is 0 Å². The van der Waals surface area contributed by atoms with E-state index in [4.69, 9.17) is 36.0 Å². The molecule has 0 saturated carbocycles. The standard InChI is InChI=1S/C24H31ClN6O2.ClH/c1-4-29-9-11-30(12-10-29)23-21-24(27-16(2)26-23)31(17-7-13-33-14-8-17)22(28-21)19-6-5-18(32-3)15-20(19)25;/h5-6,15,17H,4,7-14H2,1-3H3;1H. The van der Waals surface area contributed by atoms with Gasteiger partial charge in [-0.05, 0) is 44.5 Å². The molecule has 10 heteroatoms. The van der Waals surface area contributed by atoms with E-state index in [0.29, 0.717) is 5.02 Å². The maximum atomic E-state index is 6.72. The van der Waals surface area contributed by atoms with Crippen molar-refractivity contribution in [1.29, 1.82) is 0 Å². The largest absolute Gasteiger partial charge is 0.497 e. The molecule has 0 N–H and O–H groups in total. The van der Waals surface area contributed by atoms with Crippen LogP contribution in [0.2, 0.25) is 5.02 Å². The predicted molar refractivity (Wildman–Crippen MR) is 138 cm³/mol. The Bertz CT molecular complexity index is 1140. The number of imidazole rings is 1. The highest BCUT2D eigenvalue weighted by Crippen LogP contribution is 2.38. The predicted octanol–water partition coefficient (Wildman–Crippen LogP) is 4.38. The van der Waals surface area contributed by atoms with E-state index in [-0.39, 0.29) is 18.4 Å². The fourth-order valence-electron chi connectivity index (χ4n) is 4.85. The molecule has 2 fully saturated rings. The van der Waals surface area contributed by atoms with Gasteiger partial charge < -0.3 is 23.8 Å². The number of aromatic nitrogens is 4. The van der Waals surface area contributed by atoms with Crippen molar-refractivity contribution in [3.8, 4) is 17.1 Å². The highest BCUT2D eigenvalue weighted by Gasteiger charge is 2.28. The first-order valence-electron chi connectivity index (χ1n) is 11.7. The summed E-state index contributed by atoms with van der Waals surface area (Å²) in [5.74, 6) is 3.24. The summed E-state index contributed by atoms with van der Waals surface area (Å²) in [6.07, 6.45) is 1.83. The summed E-state index contributed by atoms with van der Waals surface area (Å²) < 4.78 is 13.3. The van der Waals surface area contributed by atoms with E-state index in [9.17, 15) is 0 Å². The molecule has 5 rings (SSSR count). The number of halogens is 2. The second-order valence-corrected chi connectivity index (χ2v) is 9.09. The van der Waals surface area contributed by atoms with Gasteiger partial charge >= 0.3 is 0 Å².